The van der Waals surface area contributed by atoms with Gasteiger partial charge in [-0.05, 0) is 55.4 Å². The fraction of sp³-hybridized carbons (Fsp3) is 0.222. The smallest absolute Gasteiger partial charge is 0.423 e. The summed E-state index contributed by atoms with van der Waals surface area (Å²) in [6.45, 7) is 0. The van der Waals surface area contributed by atoms with Gasteiger partial charge < -0.3 is 14.9 Å². The van der Waals surface area contributed by atoms with Crippen LogP contribution in [0.25, 0.3) is 0 Å². The van der Waals surface area contributed by atoms with Gasteiger partial charge in [-0.3, -0.25) is 0 Å². The van der Waals surface area contributed by atoms with E-state index in [9.17, 15) is 10.0 Å². The van der Waals surface area contributed by atoms with Crippen LogP contribution in [-0.2, 0) is 0 Å². The summed E-state index contributed by atoms with van der Waals surface area (Å²) < 4.78 is 0. The Labute approximate surface area is 131 Å². The fourth-order valence-corrected chi connectivity index (χ4v) is 2.87. The SMILES string of the molecule is OB(O)C1=CC=C(N(C2=CCCC=C2)c2ccccc2)CC1. The molecule has 2 N–H and O–H groups in total. The van der Waals surface area contributed by atoms with Crippen molar-refractivity contribution in [1.29, 1.82) is 0 Å². The molecule has 2 aliphatic rings. The second-order valence-electron chi connectivity index (χ2n) is 5.55. The maximum absolute atomic E-state index is 9.29. The fourth-order valence-electron chi connectivity index (χ4n) is 2.87. The van der Waals surface area contributed by atoms with Gasteiger partial charge >= 0.3 is 7.12 Å². The predicted octanol–water partition coefficient (Wildman–Crippen LogP) is 3.34. The molecule has 4 heteroatoms. The maximum Gasteiger partial charge on any atom is 0.484 e. The van der Waals surface area contributed by atoms with E-state index >= 15 is 0 Å². The summed E-state index contributed by atoms with van der Waals surface area (Å²) in [6, 6.07) is 10.3. The lowest BCUT2D eigenvalue weighted by Crippen LogP contribution is -2.24. The van der Waals surface area contributed by atoms with Crippen molar-refractivity contribution in [1.82, 2.24) is 0 Å². The highest BCUT2D eigenvalue weighted by molar-refractivity contribution is 6.50. The molecule has 112 valence electrons. The molecule has 0 unspecified atom stereocenters. The molecule has 22 heavy (non-hydrogen) atoms. The highest BCUT2D eigenvalue weighted by Crippen LogP contribution is 2.32. The molecular formula is C18H20BNO2. The largest absolute Gasteiger partial charge is 0.484 e. The van der Waals surface area contributed by atoms with Gasteiger partial charge in [-0.15, -0.1) is 0 Å². The Kier molecular flexibility index (Phi) is 4.61. The number of nitrogens with zero attached hydrogens (tertiary/aromatic N) is 1. The summed E-state index contributed by atoms with van der Waals surface area (Å²) in [7, 11) is -1.35. The summed E-state index contributed by atoms with van der Waals surface area (Å²) in [4.78, 5) is 2.26. The average molecular weight is 293 g/mol. The average Bonchev–Trinajstić information content (AvgIpc) is 2.57. The van der Waals surface area contributed by atoms with Gasteiger partial charge in [-0.25, -0.2) is 0 Å². The van der Waals surface area contributed by atoms with Gasteiger partial charge in [0.25, 0.3) is 0 Å². The molecule has 0 aromatic heterocycles. The van der Waals surface area contributed by atoms with Crippen LogP contribution in [-0.4, -0.2) is 17.2 Å². The van der Waals surface area contributed by atoms with Crippen molar-refractivity contribution in [3.8, 4) is 0 Å². The molecule has 0 heterocycles. The molecule has 1 aromatic carbocycles. The number of anilines is 1. The van der Waals surface area contributed by atoms with Crippen molar-refractivity contribution < 1.29 is 10.0 Å². The summed E-state index contributed by atoms with van der Waals surface area (Å²) >= 11 is 0. The van der Waals surface area contributed by atoms with Gasteiger partial charge in [0.1, 0.15) is 0 Å². The summed E-state index contributed by atoms with van der Waals surface area (Å²) in [5.74, 6) is 0. The number of hydrogen-bond acceptors (Lipinski definition) is 3. The summed E-state index contributed by atoms with van der Waals surface area (Å²) in [5, 5.41) is 18.6. The van der Waals surface area contributed by atoms with E-state index in [-0.39, 0.29) is 0 Å². The Morgan fingerprint density at radius 2 is 1.77 bits per heavy atom. The van der Waals surface area contributed by atoms with E-state index in [0.29, 0.717) is 11.9 Å². The second kappa shape index (κ2) is 6.82. The van der Waals surface area contributed by atoms with Gasteiger partial charge in [-0.2, -0.15) is 0 Å². The first-order valence-electron chi connectivity index (χ1n) is 7.73. The van der Waals surface area contributed by atoms with E-state index in [1.165, 1.54) is 11.4 Å². The van der Waals surface area contributed by atoms with Crippen molar-refractivity contribution in [2.45, 2.75) is 25.7 Å². The molecule has 1 aromatic rings. The standard InChI is InChI=1S/C18H20BNO2/c21-19(22)15-11-13-18(14-12-15)20(16-7-3-1-4-8-16)17-9-5-2-6-10-17/h1,3-5,7-11,13,21-22H,2,6,12,14H2. The zero-order valence-electron chi connectivity index (χ0n) is 12.5. The molecule has 3 nitrogen and oxygen atoms in total. The highest BCUT2D eigenvalue weighted by atomic mass is 16.4. The molecule has 3 rings (SSSR count). The van der Waals surface area contributed by atoms with Crippen LogP contribution in [0, 0.1) is 0 Å². The monoisotopic (exact) mass is 293 g/mol. The van der Waals surface area contributed by atoms with E-state index < -0.39 is 7.12 Å². The van der Waals surface area contributed by atoms with Crippen LogP contribution >= 0.6 is 0 Å². The van der Waals surface area contributed by atoms with Gasteiger partial charge in [0, 0.05) is 17.1 Å². The summed E-state index contributed by atoms with van der Waals surface area (Å²) in [6.07, 6.45) is 14.1. The molecule has 2 aliphatic carbocycles. The normalized spacial score (nSPS) is 17.5. The third-order valence-electron chi connectivity index (χ3n) is 4.03. The first-order valence-corrected chi connectivity index (χ1v) is 7.73. The quantitative estimate of drug-likeness (QED) is 0.837. The predicted molar refractivity (Wildman–Crippen MR) is 91.0 cm³/mol. The Morgan fingerprint density at radius 3 is 2.36 bits per heavy atom. The molecular weight excluding hydrogens is 273 g/mol. The number of allylic oxidation sites excluding steroid dienone is 7. The number of benzene rings is 1. The zero-order chi connectivity index (χ0) is 15.4. The third-order valence-corrected chi connectivity index (χ3v) is 4.03. The van der Waals surface area contributed by atoms with Crippen molar-refractivity contribution in [2.75, 3.05) is 4.90 Å². The first-order chi connectivity index (χ1) is 10.8. The Bertz CT molecular complexity index is 644. The van der Waals surface area contributed by atoms with E-state index in [1.54, 1.807) is 0 Å². The minimum absolute atomic E-state index is 0.670. The van der Waals surface area contributed by atoms with Crippen molar-refractivity contribution in [3.63, 3.8) is 0 Å². The van der Waals surface area contributed by atoms with Gasteiger partial charge in [-0.1, -0.05) is 36.4 Å². The lowest BCUT2D eigenvalue weighted by molar-refractivity contribution is 0.416. The molecule has 0 bridgehead atoms. The van der Waals surface area contributed by atoms with Crippen molar-refractivity contribution >= 4 is 12.8 Å². The topological polar surface area (TPSA) is 43.7 Å². The van der Waals surface area contributed by atoms with Crippen LogP contribution in [0.1, 0.15) is 25.7 Å². The Morgan fingerprint density at radius 1 is 0.955 bits per heavy atom. The molecule has 0 saturated heterocycles. The molecule has 0 aliphatic heterocycles. The number of hydrogen-bond donors (Lipinski definition) is 2. The Hall–Kier alpha value is -2.04. The number of para-hydroxylation sites is 1. The highest BCUT2D eigenvalue weighted by Gasteiger charge is 2.22. The van der Waals surface area contributed by atoms with E-state index in [0.717, 1.165) is 24.9 Å². The lowest BCUT2D eigenvalue weighted by atomic mass is 9.74. The first kappa shape index (κ1) is 14.9. The van der Waals surface area contributed by atoms with Crippen LogP contribution in [0.2, 0.25) is 0 Å². The molecule has 0 atom stereocenters. The minimum Gasteiger partial charge on any atom is -0.423 e. The number of rotatable bonds is 4. The van der Waals surface area contributed by atoms with Crippen LogP contribution in [0.3, 0.4) is 0 Å². The van der Waals surface area contributed by atoms with Gasteiger partial charge in [0.05, 0.1) is 0 Å². The molecule has 0 saturated carbocycles. The van der Waals surface area contributed by atoms with E-state index in [2.05, 4.69) is 35.3 Å². The molecule has 0 fully saturated rings. The molecule has 0 spiro atoms. The molecule has 0 radical (unpaired) electrons. The third kappa shape index (κ3) is 3.24. The maximum atomic E-state index is 9.29. The van der Waals surface area contributed by atoms with Gasteiger partial charge in [0.2, 0.25) is 0 Å². The van der Waals surface area contributed by atoms with Crippen LogP contribution < -0.4 is 4.90 Å². The van der Waals surface area contributed by atoms with E-state index in [4.69, 9.17) is 0 Å². The zero-order valence-corrected chi connectivity index (χ0v) is 12.5. The van der Waals surface area contributed by atoms with Gasteiger partial charge in [0.15, 0.2) is 0 Å². The Balaban J connectivity index is 1.96. The van der Waals surface area contributed by atoms with Crippen LogP contribution in [0.5, 0.6) is 0 Å². The van der Waals surface area contributed by atoms with Crippen LogP contribution in [0.15, 0.2) is 77.6 Å². The van der Waals surface area contributed by atoms with Crippen molar-refractivity contribution in [2.24, 2.45) is 0 Å². The van der Waals surface area contributed by atoms with Crippen molar-refractivity contribution in [3.05, 3.63) is 77.6 Å². The van der Waals surface area contributed by atoms with Crippen LogP contribution in [0.4, 0.5) is 5.69 Å². The summed E-state index contributed by atoms with van der Waals surface area (Å²) in [5.41, 5.74) is 4.16. The molecule has 0 amide bonds. The lowest BCUT2D eigenvalue weighted by Gasteiger charge is -2.31. The minimum atomic E-state index is -1.35. The van der Waals surface area contributed by atoms with E-state index in [1.807, 2.05) is 30.4 Å². The second-order valence-corrected chi connectivity index (χ2v) is 5.55.